The number of rotatable bonds is 5. The van der Waals surface area contributed by atoms with Gasteiger partial charge in [-0.1, -0.05) is 18.2 Å². The molecule has 0 fully saturated rings. The van der Waals surface area contributed by atoms with Gasteiger partial charge < -0.3 is 14.8 Å². The quantitative estimate of drug-likeness (QED) is 0.605. The SMILES string of the molecule is CCOC(=O)C1=NN(c2ccccc2)C(C(=O)Oc2ccc3c(c2)CCC(=O)N3)C1. The summed E-state index contributed by atoms with van der Waals surface area (Å²) in [7, 11) is 0. The molecular formula is C22H21N3O5. The smallest absolute Gasteiger partial charge is 0.354 e. The zero-order chi connectivity index (χ0) is 21.1. The molecule has 30 heavy (non-hydrogen) atoms. The molecule has 0 aliphatic carbocycles. The van der Waals surface area contributed by atoms with E-state index in [1.54, 1.807) is 37.3 Å². The second-order valence-corrected chi connectivity index (χ2v) is 6.96. The number of benzene rings is 2. The predicted octanol–water partition coefficient (Wildman–Crippen LogP) is 2.67. The second-order valence-electron chi connectivity index (χ2n) is 6.96. The van der Waals surface area contributed by atoms with Crippen LogP contribution in [0.4, 0.5) is 11.4 Å². The van der Waals surface area contributed by atoms with Crippen LogP contribution in [0.3, 0.4) is 0 Å². The van der Waals surface area contributed by atoms with Crippen molar-refractivity contribution in [3.05, 3.63) is 54.1 Å². The minimum Gasteiger partial charge on any atom is -0.461 e. The fourth-order valence-corrected chi connectivity index (χ4v) is 3.46. The molecule has 2 aromatic carbocycles. The fraction of sp³-hybridized carbons (Fsp3) is 0.273. The van der Waals surface area contributed by atoms with E-state index >= 15 is 0 Å². The number of fused-ring (bicyclic) bond motifs is 1. The summed E-state index contributed by atoms with van der Waals surface area (Å²) < 4.78 is 10.7. The van der Waals surface area contributed by atoms with E-state index in [9.17, 15) is 14.4 Å². The van der Waals surface area contributed by atoms with E-state index in [1.807, 2.05) is 18.2 Å². The largest absolute Gasteiger partial charge is 0.461 e. The van der Waals surface area contributed by atoms with Gasteiger partial charge in [0, 0.05) is 18.5 Å². The number of esters is 2. The molecule has 0 saturated carbocycles. The van der Waals surface area contributed by atoms with Gasteiger partial charge in [0.05, 0.1) is 12.3 Å². The van der Waals surface area contributed by atoms with Crippen LogP contribution in [0.15, 0.2) is 53.6 Å². The molecule has 0 aromatic heterocycles. The molecule has 0 saturated heterocycles. The van der Waals surface area contributed by atoms with E-state index in [-0.39, 0.29) is 24.6 Å². The first-order chi connectivity index (χ1) is 14.5. The number of carbonyl (C=O) groups is 3. The first-order valence-corrected chi connectivity index (χ1v) is 9.78. The van der Waals surface area contributed by atoms with E-state index in [0.717, 1.165) is 11.3 Å². The highest BCUT2D eigenvalue weighted by atomic mass is 16.5. The summed E-state index contributed by atoms with van der Waals surface area (Å²) in [4.78, 5) is 36.7. The second kappa shape index (κ2) is 8.36. The molecule has 8 heteroatoms. The maximum atomic E-state index is 13.0. The predicted molar refractivity (Wildman–Crippen MR) is 110 cm³/mol. The summed E-state index contributed by atoms with van der Waals surface area (Å²) >= 11 is 0. The Morgan fingerprint density at radius 1 is 1.17 bits per heavy atom. The molecule has 2 aromatic rings. The topological polar surface area (TPSA) is 97.3 Å². The van der Waals surface area contributed by atoms with Crippen molar-refractivity contribution >= 4 is 34.9 Å². The molecule has 4 rings (SSSR count). The lowest BCUT2D eigenvalue weighted by Gasteiger charge is -2.22. The number of carbonyl (C=O) groups excluding carboxylic acids is 3. The zero-order valence-corrected chi connectivity index (χ0v) is 16.5. The molecule has 0 spiro atoms. The Morgan fingerprint density at radius 2 is 1.97 bits per heavy atom. The van der Waals surface area contributed by atoms with E-state index in [0.29, 0.717) is 24.3 Å². The molecule has 2 aliphatic rings. The number of nitrogens with one attached hydrogen (secondary N) is 1. The number of ether oxygens (including phenoxy) is 2. The van der Waals surface area contributed by atoms with Crippen LogP contribution in [-0.2, 0) is 25.5 Å². The molecule has 0 bridgehead atoms. The van der Waals surface area contributed by atoms with Crippen molar-refractivity contribution in [2.45, 2.75) is 32.2 Å². The molecule has 2 aliphatic heterocycles. The van der Waals surface area contributed by atoms with Crippen LogP contribution >= 0.6 is 0 Å². The number of aryl methyl sites for hydroxylation is 1. The van der Waals surface area contributed by atoms with Gasteiger partial charge in [0.15, 0.2) is 6.04 Å². The van der Waals surface area contributed by atoms with Crippen LogP contribution < -0.4 is 15.1 Å². The Kier molecular flexibility index (Phi) is 5.47. The standard InChI is InChI=1S/C22H21N3O5/c1-2-29-21(27)18-13-19(25(24-18)15-6-4-3-5-7-15)22(28)30-16-9-10-17-14(12-16)8-11-20(26)23-17/h3-7,9-10,12,19H,2,8,11,13H2,1H3,(H,23,26). The van der Waals surface area contributed by atoms with E-state index in [2.05, 4.69) is 10.4 Å². The number of nitrogens with zero attached hydrogens (tertiary/aromatic N) is 2. The van der Waals surface area contributed by atoms with Crippen molar-refractivity contribution in [1.29, 1.82) is 0 Å². The van der Waals surface area contributed by atoms with Crippen molar-refractivity contribution in [2.24, 2.45) is 5.10 Å². The van der Waals surface area contributed by atoms with Crippen molar-refractivity contribution in [1.82, 2.24) is 0 Å². The molecule has 154 valence electrons. The average Bonchev–Trinajstić information content (AvgIpc) is 3.20. The van der Waals surface area contributed by atoms with Gasteiger partial charge in [-0.15, -0.1) is 0 Å². The van der Waals surface area contributed by atoms with Crippen LogP contribution in [0, 0.1) is 0 Å². The number of para-hydroxylation sites is 1. The molecule has 1 amide bonds. The summed E-state index contributed by atoms with van der Waals surface area (Å²) in [6.07, 6.45) is 1.07. The van der Waals surface area contributed by atoms with Gasteiger partial charge in [0.2, 0.25) is 5.91 Å². The fourth-order valence-electron chi connectivity index (χ4n) is 3.46. The summed E-state index contributed by atoms with van der Waals surface area (Å²) in [6.45, 7) is 1.94. The van der Waals surface area contributed by atoms with E-state index in [4.69, 9.17) is 9.47 Å². The number of hydrogen-bond acceptors (Lipinski definition) is 7. The summed E-state index contributed by atoms with van der Waals surface area (Å²) in [6, 6.07) is 13.4. The molecule has 2 heterocycles. The molecule has 1 N–H and O–H groups in total. The van der Waals surface area contributed by atoms with Gasteiger partial charge in [0.25, 0.3) is 0 Å². The van der Waals surface area contributed by atoms with Crippen molar-refractivity contribution < 1.29 is 23.9 Å². The maximum absolute atomic E-state index is 13.0. The average molecular weight is 407 g/mol. The van der Waals surface area contributed by atoms with Crippen LogP contribution in [0.2, 0.25) is 0 Å². The van der Waals surface area contributed by atoms with E-state index in [1.165, 1.54) is 5.01 Å². The Labute approximate surface area is 173 Å². The van der Waals surface area contributed by atoms with Crippen molar-refractivity contribution in [2.75, 3.05) is 16.9 Å². The van der Waals surface area contributed by atoms with Gasteiger partial charge in [-0.25, -0.2) is 9.59 Å². The highest BCUT2D eigenvalue weighted by Gasteiger charge is 2.38. The number of hydrazone groups is 1. The highest BCUT2D eigenvalue weighted by Crippen LogP contribution is 2.29. The lowest BCUT2D eigenvalue weighted by molar-refractivity contribution is -0.135. The first kappa shape index (κ1) is 19.6. The Bertz CT molecular complexity index is 1020. The van der Waals surface area contributed by atoms with Crippen molar-refractivity contribution in [3.8, 4) is 5.75 Å². The van der Waals surface area contributed by atoms with Gasteiger partial charge >= 0.3 is 11.9 Å². The Hall–Kier alpha value is -3.68. The van der Waals surface area contributed by atoms with Gasteiger partial charge in [-0.2, -0.15) is 5.10 Å². The lowest BCUT2D eigenvalue weighted by Crippen LogP contribution is -2.37. The van der Waals surface area contributed by atoms with Gasteiger partial charge in [0.1, 0.15) is 11.5 Å². The third-order valence-corrected chi connectivity index (χ3v) is 4.90. The normalized spacial score (nSPS) is 17.6. The minimum absolute atomic E-state index is 0.0275. The van der Waals surface area contributed by atoms with Crippen LogP contribution in [0.25, 0.3) is 0 Å². The third kappa shape index (κ3) is 4.03. The molecule has 1 unspecified atom stereocenters. The Morgan fingerprint density at radius 3 is 2.73 bits per heavy atom. The molecule has 8 nitrogen and oxygen atoms in total. The third-order valence-electron chi connectivity index (χ3n) is 4.90. The maximum Gasteiger partial charge on any atom is 0.354 e. The Balaban J connectivity index is 1.55. The number of hydrogen-bond donors (Lipinski definition) is 1. The van der Waals surface area contributed by atoms with Crippen LogP contribution in [-0.4, -0.2) is 36.2 Å². The summed E-state index contributed by atoms with van der Waals surface area (Å²) in [5, 5.41) is 8.62. The minimum atomic E-state index is -0.789. The van der Waals surface area contributed by atoms with Gasteiger partial charge in [-0.05, 0) is 49.2 Å². The zero-order valence-electron chi connectivity index (χ0n) is 16.5. The van der Waals surface area contributed by atoms with Crippen molar-refractivity contribution in [3.63, 3.8) is 0 Å². The molecule has 1 atom stereocenters. The lowest BCUT2D eigenvalue weighted by atomic mass is 10.0. The molecular weight excluding hydrogens is 386 g/mol. The number of anilines is 2. The summed E-state index contributed by atoms with van der Waals surface area (Å²) in [5.74, 6) is -0.715. The van der Waals surface area contributed by atoms with Crippen LogP contribution in [0.5, 0.6) is 5.75 Å². The van der Waals surface area contributed by atoms with E-state index < -0.39 is 18.0 Å². The van der Waals surface area contributed by atoms with Crippen LogP contribution in [0.1, 0.15) is 25.3 Å². The highest BCUT2D eigenvalue weighted by molar-refractivity contribution is 6.38. The van der Waals surface area contributed by atoms with Gasteiger partial charge in [-0.3, -0.25) is 9.80 Å². The number of amides is 1. The molecule has 0 radical (unpaired) electrons. The summed E-state index contributed by atoms with van der Waals surface area (Å²) in [5.41, 5.74) is 2.49. The monoisotopic (exact) mass is 407 g/mol. The first-order valence-electron chi connectivity index (χ1n) is 9.78.